The van der Waals surface area contributed by atoms with Gasteiger partial charge in [0.25, 0.3) is 5.56 Å². The molecular formula is C26H26N4O2. The van der Waals surface area contributed by atoms with Crippen LogP contribution in [0.4, 0.5) is 10.5 Å². The van der Waals surface area contributed by atoms with Crippen molar-refractivity contribution in [3.8, 4) is 0 Å². The molecule has 0 saturated carbocycles. The van der Waals surface area contributed by atoms with Gasteiger partial charge in [0.2, 0.25) is 0 Å². The highest BCUT2D eigenvalue weighted by Gasteiger charge is 2.28. The number of benzene rings is 3. The number of anilines is 1. The van der Waals surface area contributed by atoms with Crippen LogP contribution in [0.25, 0.3) is 10.9 Å². The first-order valence-corrected chi connectivity index (χ1v) is 10.7. The summed E-state index contributed by atoms with van der Waals surface area (Å²) < 4.78 is 1.56. The fourth-order valence-corrected chi connectivity index (χ4v) is 3.90. The third kappa shape index (κ3) is 4.39. The molecule has 3 aromatic carbocycles. The van der Waals surface area contributed by atoms with Gasteiger partial charge in [0.15, 0.2) is 0 Å². The van der Waals surface area contributed by atoms with Crippen molar-refractivity contribution in [2.45, 2.75) is 25.9 Å². The summed E-state index contributed by atoms with van der Waals surface area (Å²) in [5.74, 6) is 0.565. The molecular weight excluding hydrogens is 400 g/mol. The maximum Gasteiger partial charge on any atom is 0.322 e. The zero-order chi connectivity index (χ0) is 22.5. The lowest BCUT2D eigenvalue weighted by molar-refractivity contribution is 0.176. The number of para-hydroxylation sites is 2. The molecule has 4 aromatic rings. The zero-order valence-electron chi connectivity index (χ0n) is 18.2. The van der Waals surface area contributed by atoms with E-state index in [2.05, 4.69) is 5.32 Å². The van der Waals surface area contributed by atoms with Gasteiger partial charge in [-0.3, -0.25) is 9.36 Å². The molecule has 1 unspecified atom stereocenters. The lowest BCUT2D eigenvalue weighted by atomic mass is 10.1. The van der Waals surface area contributed by atoms with E-state index in [9.17, 15) is 9.59 Å². The molecule has 0 aliphatic heterocycles. The standard InChI is InChI=1S/C26H26N4O2/c1-3-23(24-28-22-17-11-10-16-21(22)25(31)29(24)2)30(18-19-12-6-4-7-13-19)26(32)27-20-14-8-5-9-15-20/h4-17,23H,3,18H2,1-2H3,(H,27,32). The summed E-state index contributed by atoms with van der Waals surface area (Å²) in [5, 5.41) is 3.56. The van der Waals surface area contributed by atoms with Gasteiger partial charge in [-0.25, -0.2) is 9.78 Å². The van der Waals surface area contributed by atoms with Gasteiger partial charge in [0.05, 0.1) is 16.9 Å². The SMILES string of the molecule is CCC(c1nc2ccccc2c(=O)n1C)N(Cc1ccccc1)C(=O)Nc1ccccc1. The number of amides is 2. The first-order chi connectivity index (χ1) is 15.6. The fourth-order valence-electron chi connectivity index (χ4n) is 3.90. The highest BCUT2D eigenvalue weighted by Crippen LogP contribution is 2.26. The van der Waals surface area contributed by atoms with Crippen molar-refractivity contribution < 1.29 is 4.79 Å². The molecule has 0 aliphatic carbocycles. The molecule has 1 atom stereocenters. The maximum absolute atomic E-state index is 13.5. The summed E-state index contributed by atoms with van der Waals surface area (Å²) >= 11 is 0. The van der Waals surface area contributed by atoms with Gasteiger partial charge in [-0.1, -0.05) is 67.6 Å². The monoisotopic (exact) mass is 426 g/mol. The average Bonchev–Trinajstić information content (AvgIpc) is 2.83. The molecule has 0 fully saturated rings. The Labute approximate surface area is 187 Å². The molecule has 0 spiro atoms. The van der Waals surface area contributed by atoms with E-state index in [1.807, 2.05) is 85.8 Å². The Morgan fingerprint density at radius 1 is 0.969 bits per heavy atom. The van der Waals surface area contributed by atoms with Crippen LogP contribution in [0.3, 0.4) is 0 Å². The highest BCUT2D eigenvalue weighted by molar-refractivity contribution is 5.89. The molecule has 6 nitrogen and oxygen atoms in total. The van der Waals surface area contributed by atoms with Gasteiger partial charge in [-0.2, -0.15) is 0 Å². The molecule has 6 heteroatoms. The minimum atomic E-state index is -0.388. The highest BCUT2D eigenvalue weighted by atomic mass is 16.2. The van der Waals surface area contributed by atoms with E-state index in [4.69, 9.17) is 4.98 Å². The number of hydrogen-bond donors (Lipinski definition) is 1. The zero-order valence-corrected chi connectivity index (χ0v) is 18.2. The molecule has 1 heterocycles. The minimum Gasteiger partial charge on any atom is -0.310 e. The number of urea groups is 1. The van der Waals surface area contributed by atoms with Crippen LogP contribution in [0.5, 0.6) is 0 Å². The van der Waals surface area contributed by atoms with Crippen LogP contribution in [0, 0.1) is 0 Å². The topological polar surface area (TPSA) is 67.2 Å². The van der Waals surface area contributed by atoms with Crippen LogP contribution in [0.15, 0.2) is 89.7 Å². The first-order valence-electron chi connectivity index (χ1n) is 10.7. The second-order valence-electron chi connectivity index (χ2n) is 7.69. The second kappa shape index (κ2) is 9.47. The van der Waals surface area contributed by atoms with Crippen LogP contribution < -0.4 is 10.9 Å². The number of nitrogens with zero attached hydrogens (tertiary/aromatic N) is 3. The van der Waals surface area contributed by atoms with Gasteiger partial charge >= 0.3 is 6.03 Å². The third-order valence-electron chi connectivity index (χ3n) is 5.56. The Morgan fingerprint density at radius 2 is 1.59 bits per heavy atom. The number of fused-ring (bicyclic) bond motifs is 1. The van der Waals surface area contributed by atoms with Gasteiger partial charge < -0.3 is 10.2 Å². The molecule has 2 amide bonds. The maximum atomic E-state index is 13.5. The Kier molecular flexibility index (Phi) is 6.31. The Bertz CT molecular complexity index is 1270. The lowest BCUT2D eigenvalue weighted by Gasteiger charge is -2.32. The average molecular weight is 427 g/mol. The Balaban J connectivity index is 1.77. The summed E-state index contributed by atoms with van der Waals surface area (Å²) in [7, 11) is 1.72. The predicted octanol–water partition coefficient (Wildman–Crippen LogP) is 5.12. The number of aromatic nitrogens is 2. The summed E-state index contributed by atoms with van der Waals surface area (Å²) in [6.45, 7) is 2.39. The number of carbonyl (C=O) groups is 1. The first kappa shape index (κ1) is 21.3. The molecule has 0 aliphatic rings. The third-order valence-corrected chi connectivity index (χ3v) is 5.56. The quantitative estimate of drug-likeness (QED) is 0.465. The smallest absolute Gasteiger partial charge is 0.310 e. The van der Waals surface area contributed by atoms with Gasteiger partial charge in [-0.05, 0) is 36.2 Å². The van der Waals surface area contributed by atoms with Crippen molar-refractivity contribution in [2.75, 3.05) is 5.32 Å². The van der Waals surface area contributed by atoms with Crippen molar-refractivity contribution in [1.29, 1.82) is 0 Å². The largest absolute Gasteiger partial charge is 0.322 e. The normalized spacial score (nSPS) is 11.8. The van der Waals surface area contributed by atoms with Crippen LogP contribution in [-0.4, -0.2) is 20.5 Å². The Hall–Kier alpha value is -3.93. The van der Waals surface area contributed by atoms with E-state index in [0.717, 1.165) is 5.56 Å². The number of nitrogens with one attached hydrogen (secondary N) is 1. The van der Waals surface area contributed by atoms with E-state index < -0.39 is 0 Å². The van der Waals surface area contributed by atoms with Crippen molar-refractivity contribution in [1.82, 2.24) is 14.5 Å². The number of hydrogen-bond acceptors (Lipinski definition) is 3. The molecule has 1 aromatic heterocycles. The van der Waals surface area contributed by atoms with E-state index >= 15 is 0 Å². The molecule has 0 saturated heterocycles. The summed E-state index contributed by atoms with van der Waals surface area (Å²) in [5.41, 5.74) is 2.23. The van der Waals surface area contributed by atoms with Crippen LogP contribution in [0.1, 0.15) is 30.8 Å². The predicted molar refractivity (Wildman–Crippen MR) is 127 cm³/mol. The molecule has 4 rings (SSSR count). The van der Waals surface area contributed by atoms with Crippen molar-refractivity contribution in [2.24, 2.45) is 7.05 Å². The summed E-state index contributed by atoms with van der Waals surface area (Å²) in [4.78, 5) is 33.0. The molecule has 0 bridgehead atoms. The van der Waals surface area contributed by atoms with E-state index in [1.165, 1.54) is 0 Å². The van der Waals surface area contributed by atoms with Gasteiger partial charge in [0, 0.05) is 19.3 Å². The van der Waals surface area contributed by atoms with Crippen LogP contribution in [-0.2, 0) is 13.6 Å². The molecule has 162 valence electrons. The fraction of sp³-hybridized carbons (Fsp3) is 0.192. The molecule has 0 radical (unpaired) electrons. The van der Waals surface area contributed by atoms with Gasteiger partial charge in [-0.15, -0.1) is 0 Å². The van der Waals surface area contributed by atoms with Crippen molar-refractivity contribution in [3.05, 3.63) is 107 Å². The number of carbonyl (C=O) groups excluding carboxylic acids is 1. The van der Waals surface area contributed by atoms with E-state index in [0.29, 0.717) is 35.4 Å². The minimum absolute atomic E-state index is 0.118. The van der Waals surface area contributed by atoms with E-state index in [1.54, 1.807) is 22.6 Å². The summed E-state index contributed by atoms with van der Waals surface area (Å²) in [6.07, 6.45) is 0.605. The van der Waals surface area contributed by atoms with Crippen molar-refractivity contribution >= 4 is 22.6 Å². The van der Waals surface area contributed by atoms with Crippen LogP contribution >= 0.6 is 0 Å². The summed E-state index contributed by atoms with van der Waals surface area (Å²) in [6, 6.07) is 25.9. The van der Waals surface area contributed by atoms with E-state index in [-0.39, 0.29) is 17.6 Å². The van der Waals surface area contributed by atoms with Crippen LogP contribution in [0.2, 0.25) is 0 Å². The second-order valence-corrected chi connectivity index (χ2v) is 7.69. The lowest BCUT2D eigenvalue weighted by Crippen LogP contribution is -2.40. The number of rotatable bonds is 6. The molecule has 32 heavy (non-hydrogen) atoms. The molecule has 1 N–H and O–H groups in total. The Morgan fingerprint density at radius 3 is 2.28 bits per heavy atom. The van der Waals surface area contributed by atoms with Crippen molar-refractivity contribution in [3.63, 3.8) is 0 Å². The van der Waals surface area contributed by atoms with Gasteiger partial charge in [0.1, 0.15) is 5.82 Å².